The molecule has 1 amide bonds. The summed E-state index contributed by atoms with van der Waals surface area (Å²) in [5, 5.41) is 2.94. The maximum atomic E-state index is 12.2. The minimum absolute atomic E-state index is 0.114. The Morgan fingerprint density at radius 1 is 1.48 bits per heavy atom. The van der Waals surface area contributed by atoms with Crippen molar-refractivity contribution in [1.29, 1.82) is 0 Å². The van der Waals surface area contributed by atoms with Gasteiger partial charge in [0.05, 0.1) is 24.0 Å². The third-order valence-electron chi connectivity index (χ3n) is 3.94. The number of rotatable bonds is 6. The van der Waals surface area contributed by atoms with Crippen molar-refractivity contribution in [2.75, 3.05) is 32.8 Å². The summed E-state index contributed by atoms with van der Waals surface area (Å²) in [6.07, 6.45) is 2.61. The third-order valence-corrected chi connectivity index (χ3v) is 3.94. The average Bonchev–Trinajstić information content (AvgIpc) is 2.46. The quantitative estimate of drug-likeness (QED) is 0.862. The molecule has 1 atom stereocenters. The van der Waals surface area contributed by atoms with E-state index >= 15 is 0 Å². The Morgan fingerprint density at radius 2 is 2.26 bits per heavy atom. The second kappa shape index (κ2) is 8.36. The van der Waals surface area contributed by atoms with Crippen LogP contribution >= 0.6 is 0 Å². The highest BCUT2D eigenvalue weighted by Crippen LogP contribution is 2.10. The highest BCUT2D eigenvalue weighted by Gasteiger charge is 2.21. The average molecular weight is 320 g/mol. The molecular weight excluding hydrogens is 292 g/mol. The molecule has 1 aromatic heterocycles. The zero-order chi connectivity index (χ0) is 16.8. The lowest BCUT2D eigenvalue weighted by atomic mass is 10.1. The minimum Gasteiger partial charge on any atom is -0.375 e. The highest BCUT2D eigenvalue weighted by molar-refractivity contribution is 5.94. The van der Waals surface area contributed by atoms with Gasteiger partial charge < -0.3 is 10.1 Å². The number of hydrogen-bond acceptors (Lipinski definition) is 5. The van der Waals surface area contributed by atoms with Crippen molar-refractivity contribution in [2.24, 2.45) is 5.92 Å². The smallest absolute Gasteiger partial charge is 0.254 e. The van der Waals surface area contributed by atoms with E-state index in [9.17, 15) is 4.79 Å². The third kappa shape index (κ3) is 5.55. The summed E-state index contributed by atoms with van der Waals surface area (Å²) in [4.78, 5) is 22.9. The molecule has 0 aromatic carbocycles. The zero-order valence-corrected chi connectivity index (χ0v) is 14.6. The molecule has 6 heteroatoms. The van der Waals surface area contributed by atoms with Crippen molar-refractivity contribution >= 4 is 5.91 Å². The van der Waals surface area contributed by atoms with Crippen LogP contribution < -0.4 is 5.32 Å². The van der Waals surface area contributed by atoms with Crippen LogP contribution in [0.4, 0.5) is 0 Å². The number of aryl methyl sites for hydroxylation is 2. The fourth-order valence-corrected chi connectivity index (χ4v) is 2.89. The van der Waals surface area contributed by atoms with E-state index in [0.29, 0.717) is 29.5 Å². The number of amides is 1. The first-order chi connectivity index (χ1) is 11.0. The van der Waals surface area contributed by atoms with Gasteiger partial charge in [-0.25, -0.2) is 9.97 Å². The van der Waals surface area contributed by atoms with Crippen molar-refractivity contribution in [3.05, 3.63) is 23.3 Å². The van der Waals surface area contributed by atoms with Gasteiger partial charge in [0.15, 0.2) is 0 Å². The predicted octanol–water partition coefficient (Wildman–Crippen LogP) is 1.57. The van der Waals surface area contributed by atoms with Gasteiger partial charge in [-0.05, 0) is 26.2 Å². The molecule has 0 aliphatic carbocycles. The molecule has 1 saturated heterocycles. The van der Waals surface area contributed by atoms with Gasteiger partial charge >= 0.3 is 0 Å². The molecular formula is C17H28N4O2. The summed E-state index contributed by atoms with van der Waals surface area (Å²) < 4.78 is 5.80. The number of carbonyl (C=O) groups is 1. The summed E-state index contributed by atoms with van der Waals surface area (Å²) in [7, 11) is 0. The van der Waals surface area contributed by atoms with Crippen LogP contribution in [0.5, 0.6) is 0 Å². The lowest BCUT2D eigenvalue weighted by Crippen LogP contribution is -2.45. The Morgan fingerprint density at radius 3 is 2.96 bits per heavy atom. The SMILES string of the molecule is Cc1ncc(C(=O)NCC[C@H]2CN(CC(C)C)CCO2)c(C)n1. The van der Waals surface area contributed by atoms with Crippen LogP contribution in [0.2, 0.25) is 0 Å². The van der Waals surface area contributed by atoms with Crippen LogP contribution in [0.15, 0.2) is 6.20 Å². The van der Waals surface area contributed by atoms with E-state index in [1.165, 1.54) is 0 Å². The summed E-state index contributed by atoms with van der Waals surface area (Å²) in [6, 6.07) is 0. The lowest BCUT2D eigenvalue weighted by Gasteiger charge is -2.34. The maximum Gasteiger partial charge on any atom is 0.254 e. The first-order valence-corrected chi connectivity index (χ1v) is 8.38. The van der Waals surface area contributed by atoms with Crippen LogP contribution in [0.3, 0.4) is 0 Å². The van der Waals surface area contributed by atoms with Gasteiger partial charge in [-0.1, -0.05) is 13.8 Å². The molecule has 0 radical (unpaired) electrons. The number of nitrogens with zero attached hydrogens (tertiary/aromatic N) is 3. The molecule has 1 aliphatic rings. The second-order valence-electron chi connectivity index (χ2n) is 6.61. The van der Waals surface area contributed by atoms with Crippen LogP contribution in [0.25, 0.3) is 0 Å². The van der Waals surface area contributed by atoms with Gasteiger partial charge in [-0.2, -0.15) is 0 Å². The number of ether oxygens (including phenoxy) is 1. The van der Waals surface area contributed by atoms with Crippen molar-refractivity contribution in [3.63, 3.8) is 0 Å². The van der Waals surface area contributed by atoms with Crippen LogP contribution in [0.1, 0.15) is 42.1 Å². The van der Waals surface area contributed by atoms with Crippen molar-refractivity contribution in [2.45, 2.75) is 40.2 Å². The maximum absolute atomic E-state index is 12.2. The van der Waals surface area contributed by atoms with E-state index in [2.05, 4.69) is 34.0 Å². The number of morpholine rings is 1. The van der Waals surface area contributed by atoms with Gasteiger partial charge in [0.2, 0.25) is 0 Å². The molecule has 0 bridgehead atoms. The first kappa shape index (κ1) is 17.8. The molecule has 128 valence electrons. The molecule has 23 heavy (non-hydrogen) atoms. The van der Waals surface area contributed by atoms with E-state index < -0.39 is 0 Å². The summed E-state index contributed by atoms with van der Waals surface area (Å²) in [5.74, 6) is 1.23. The molecule has 1 aromatic rings. The van der Waals surface area contributed by atoms with Crippen molar-refractivity contribution < 1.29 is 9.53 Å². The van der Waals surface area contributed by atoms with Gasteiger partial charge in [-0.3, -0.25) is 9.69 Å². The van der Waals surface area contributed by atoms with Gasteiger partial charge in [0.25, 0.3) is 5.91 Å². The predicted molar refractivity (Wildman–Crippen MR) is 89.5 cm³/mol. The Bertz CT molecular complexity index is 533. The number of nitrogens with one attached hydrogen (secondary N) is 1. The number of hydrogen-bond donors (Lipinski definition) is 1. The largest absolute Gasteiger partial charge is 0.375 e. The van der Waals surface area contributed by atoms with Gasteiger partial charge in [-0.15, -0.1) is 0 Å². The molecule has 1 aliphatic heterocycles. The molecule has 2 rings (SSSR count). The number of carbonyl (C=O) groups excluding carboxylic acids is 1. The van der Waals surface area contributed by atoms with Gasteiger partial charge in [0, 0.05) is 32.4 Å². The fraction of sp³-hybridized carbons (Fsp3) is 0.706. The number of aromatic nitrogens is 2. The molecule has 2 heterocycles. The van der Waals surface area contributed by atoms with E-state index in [1.54, 1.807) is 6.20 Å². The Hall–Kier alpha value is -1.53. The van der Waals surface area contributed by atoms with E-state index in [-0.39, 0.29) is 12.0 Å². The second-order valence-corrected chi connectivity index (χ2v) is 6.61. The molecule has 0 unspecified atom stereocenters. The lowest BCUT2D eigenvalue weighted by molar-refractivity contribution is -0.0344. The Labute approximate surface area is 138 Å². The van der Waals surface area contributed by atoms with Gasteiger partial charge in [0.1, 0.15) is 5.82 Å². The van der Waals surface area contributed by atoms with E-state index in [1.807, 2.05) is 13.8 Å². The van der Waals surface area contributed by atoms with E-state index in [0.717, 1.165) is 32.7 Å². The van der Waals surface area contributed by atoms with Crippen molar-refractivity contribution in [1.82, 2.24) is 20.2 Å². The molecule has 0 saturated carbocycles. The Balaban J connectivity index is 1.77. The zero-order valence-electron chi connectivity index (χ0n) is 14.6. The topological polar surface area (TPSA) is 67.4 Å². The first-order valence-electron chi connectivity index (χ1n) is 8.38. The summed E-state index contributed by atoms with van der Waals surface area (Å²) in [6.45, 7) is 12.5. The summed E-state index contributed by atoms with van der Waals surface area (Å²) >= 11 is 0. The highest BCUT2D eigenvalue weighted by atomic mass is 16.5. The monoisotopic (exact) mass is 320 g/mol. The fourth-order valence-electron chi connectivity index (χ4n) is 2.89. The molecule has 6 nitrogen and oxygen atoms in total. The summed E-state index contributed by atoms with van der Waals surface area (Å²) in [5.41, 5.74) is 1.26. The van der Waals surface area contributed by atoms with E-state index in [4.69, 9.17) is 4.74 Å². The van der Waals surface area contributed by atoms with Crippen LogP contribution in [-0.4, -0.2) is 59.7 Å². The Kier molecular flexibility index (Phi) is 6.47. The van der Waals surface area contributed by atoms with Crippen LogP contribution in [0, 0.1) is 19.8 Å². The normalized spacial score (nSPS) is 19.1. The minimum atomic E-state index is -0.114. The molecule has 1 N–H and O–H groups in total. The molecule has 0 spiro atoms. The molecule has 1 fully saturated rings. The van der Waals surface area contributed by atoms with Crippen molar-refractivity contribution in [3.8, 4) is 0 Å². The van der Waals surface area contributed by atoms with Crippen LogP contribution in [-0.2, 0) is 4.74 Å². The standard InChI is InChI=1S/C17H28N4O2/c1-12(2)10-21-7-8-23-15(11-21)5-6-18-17(22)16-9-19-14(4)20-13(16)3/h9,12,15H,5-8,10-11H2,1-4H3,(H,18,22)/t15-/m0/s1.